The first-order valence-corrected chi connectivity index (χ1v) is 16.7. The van der Waals surface area contributed by atoms with Crippen LogP contribution in [-0.4, -0.2) is 63.2 Å². The van der Waals surface area contributed by atoms with Gasteiger partial charge in [-0.1, -0.05) is 31.6 Å². The van der Waals surface area contributed by atoms with Crippen LogP contribution in [0.1, 0.15) is 91.5 Å². The molecule has 1 aromatic heterocycles. The first-order valence-electron chi connectivity index (χ1n) is 16.7. The van der Waals surface area contributed by atoms with Crippen LogP contribution in [0.15, 0.2) is 41.7 Å². The topological polar surface area (TPSA) is 88.8 Å². The van der Waals surface area contributed by atoms with Crippen molar-refractivity contribution in [2.75, 3.05) is 0 Å². The number of aliphatic hydroxyl groups is 1. The quantitative estimate of drug-likeness (QED) is 0.324. The summed E-state index contributed by atoms with van der Waals surface area (Å²) in [6.07, 6.45) is 7.37. The minimum absolute atomic E-state index is 0.0477. The molecular formula is C37H47NO6. The van der Waals surface area contributed by atoms with Gasteiger partial charge in [0.2, 0.25) is 0 Å². The number of ether oxygens (including phenoxy) is 5. The predicted octanol–water partition coefficient (Wildman–Crippen LogP) is 6.16. The molecule has 44 heavy (non-hydrogen) atoms. The minimum Gasteiger partial charge on any atom is -0.486 e. The summed E-state index contributed by atoms with van der Waals surface area (Å²) in [5.74, 6) is 1.21. The van der Waals surface area contributed by atoms with E-state index in [1.807, 2.05) is 6.08 Å². The van der Waals surface area contributed by atoms with E-state index >= 15 is 0 Å². The molecule has 7 nitrogen and oxygen atoms in total. The molecule has 1 saturated carbocycles. The zero-order valence-electron chi connectivity index (χ0n) is 27.4. The molecule has 5 fully saturated rings. The molecule has 4 unspecified atom stereocenters. The number of nitrogens with one attached hydrogen (secondary N) is 1. The van der Waals surface area contributed by atoms with Gasteiger partial charge in [0.05, 0.1) is 11.7 Å². The first-order chi connectivity index (χ1) is 20.7. The van der Waals surface area contributed by atoms with Gasteiger partial charge < -0.3 is 33.8 Å². The standard InChI is InChI=1S/C37H47NO6/c1-19(2)16-26-41-28-30(33(5,6)43-26)40-24-13-14-34(7)35(8)21(12-15-36(34,39)37(24)31(28)44-37)18-22-27-20(17-25-32(3,4)42-25)10-9-11-23(27)38-29(22)35/h9-11,13,16,21,25-26,28,30-31,38-39H,12,14-15,17-18H2,1-8H3/t21-,25?,26?,28+,30-,31?,34+,35+,36-,37?/m0/s1. The Labute approximate surface area is 260 Å². The Bertz CT molecular complexity index is 1660. The lowest BCUT2D eigenvalue weighted by Crippen LogP contribution is -2.73. The molecule has 7 aliphatic rings. The lowest BCUT2D eigenvalue weighted by Gasteiger charge is -2.64. The van der Waals surface area contributed by atoms with Gasteiger partial charge in [-0.25, -0.2) is 0 Å². The van der Waals surface area contributed by atoms with Crippen molar-refractivity contribution in [3.63, 3.8) is 0 Å². The molecule has 0 bridgehead atoms. The number of rotatable bonds is 3. The summed E-state index contributed by atoms with van der Waals surface area (Å²) in [5.41, 5.74) is 3.03. The van der Waals surface area contributed by atoms with Crippen LogP contribution in [0.5, 0.6) is 0 Å². The molecule has 4 aliphatic heterocycles. The highest BCUT2D eigenvalue weighted by molar-refractivity contribution is 5.89. The smallest absolute Gasteiger partial charge is 0.183 e. The number of fused-ring (bicyclic) bond motifs is 9. The fourth-order valence-electron chi connectivity index (χ4n) is 10.6. The zero-order chi connectivity index (χ0) is 30.8. The Balaban J connectivity index is 1.13. The average Bonchev–Trinajstić information content (AvgIpc) is 3.74. The molecule has 0 radical (unpaired) electrons. The van der Waals surface area contributed by atoms with Gasteiger partial charge in [0.15, 0.2) is 18.0 Å². The van der Waals surface area contributed by atoms with E-state index in [2.05, 4.69) is 84.6 Å². The van der Waals surface area contributed by atoms with E-state index in [0.29, 0.717) is 12.3 Å². The van der Waals surface area contributed by atoms with Gasteiger partial charge in [0.1, 0.15) is 29.2 Å². The third-order valence-corrected chi connectivity index (χ3v) is 13.3. The van der Waals surface area contributed by atoms with E-state index in [0.717, 1.165) is 37.0 Å². The van der Waals surface area contributed by atoms with Gasteiger partial charge in [-0.05, 0) is 102 Å². The molecule has 3 aliphatic carbocycles. The summed E-state index contributed by atoms with van der Waals surface area (Å²) in [4.78, 5) is 3.93. The lowest BCUT2D eigenvalue weighted by atomic mass is 9.42. The van der Waals surface area contributed by atoms with E-state index in [9.17, 15) is 5.11 Å². The van der Waals surface area contributed by atoms with Crippen LogP contribution in [0.3, 0.4) is 0 Å². The second kappa shape index (κ2) is 8.21. The summed E-state index contributed by atoms with van der Waals surface area (Å²) in [6, 6.07) is 6.66. The Kier molecular flexibility index (Phi) is 5.24. The number of epoxide rings is 2. The maximum absolute atomic E-state index is 13.3. The molecule has 0 amide bonds. The number of aromatic amines is 1. The van der Waals surface area contributed by atoms with Crippen molar-refractivity contribution in [3.8, 4) is 0 Å². The summed E-state index contributed by atoms with van der Waals surface area (Å²) in [6.45, 7) is 17.3. The van der Waals surface area contributed by atoms with Crippen molar-refractivity contribution >= 4 is 10.9 Å². The number of aromatic nitrogens is 1. The van der Waals surface area contributed by atoms with Crippen molar-refractivity contribution < 1.29 is 28.8 Å². The van der Waals surface area contributed by atoms with Crippen LogP contribution in [-0.2, 0) is 41.9 Å². The zero-order valence-corrected chi connectivity index (χ0v) is 27.4. The van der Waals surface area contributed by atoms with E-state index < -0.39 is 28.5 Å². The molecule has 1 spiro atoms. The maximum atomic E-state index is 13.3. The van der Waals surface area contributed by atoms with Gasteiger partial charge in [-0.2, -0.15) is 0 Å². The fraction of sp³-hybridized carbons (Fsp3) is 0.676. The number of hydrogen-bond donors (Lipinski definition) is 2. The Hall–Kier alpha value is -2.16. The molecule has 236 valence electrons. The average molecular weight is 602 g/mol. The number of hydrogen-bond acceptors (Lipinski definition) is 6. The van der Waals surface area contributed by atoms with Crippen LogP contribution < -0.4 is 0 Å². The van der Waals surface area contributed by atoms with E-state index in [1.165, 1.54) is 27.7 Å². The Morgan fingerprint density at radius 2 is 1.80 bits per heavy atom. The van der Waals surface area contributed by atoms with Crippen molar-refractivity contribution in [3.05, 3.63) is 58.5 Å². The molecule has 5 heterocycles. The van der Waals surface area contributed by atoms with Crippen LogP contribution in [0.25, 0.3) is 10.9 Å². The molecule has 2 aromatic rings. The summed E-state index contributed by atoms with van der Waals surface area (Å²) >= 11 is 0. The normalized spacial score (nSPS) is 46.7. The number of allylic oxidation sites excluding steroid dienone is 2. The van der Waals surface area contributed by atoms with Crippen molar-refractivity contribution in [1.82, 2.24) is 4.98 Å². The van der Waals surface area contributed by atoms with Gasteiger partial charge in [-0.15, -0.1) is 0 Å². The van der Waals surface area contributed by atoms with Gasteiger partial charge >= 0.3 is 0 Å². The molecule has 1 aromatic carbocycles. The van der Waals surface area contributed by atoms with Gasteiger partial charge in [0.25, 0.3) is 0 Å². The SMILES string of the molecule is CC(C)=CC1O[C@H]2C3OC34C(=CC[C@]3(C)[C@@]5(C)c6[nH]c7cccc(CC8OC8(C)C)c7c6C[C@@H]5CC[C@@]43O)O[C@@H]2C(C)(C)O1. The van der Waals surface area contributed by atoms with Crippen molar-refractivity contribution in [2.45, 2.75) is 146 Å². The summed E-state index contributed by atoms with van der Waals surface area (Å²) < 4.78 is 32.5. The molecule has 2 N–H and O–H groups in total. The van der Waals surface area contributed by atoms with Crippen LogP contribution in [0.2, 0.25) is 0 Å². The minimum atomic E-state index is -1.11. The van der Waals surface area contributed by atoms with Gasteiger partial charge in [0, 0.05) is 33.8 Å². The van der Waals surface area contributed by atoms with Crippen molar-refractivity contribution in [2.24, 2.45) is 11.3 Å². The molecular weight excluding hydrogens is 554 g/mol. The third-order valence-electron chi connectivity index (χ3n) is 13.3. The summed E-state index contributed by atoms with van der Waals surface area (Å²) in [5, 5.41) is 14.6. The first kappa shape index (κ1) is 28.1. The second-order valence-corrected chi connectivity index (χ2v) is 16.6. The van der Waals surface area contributed by atoms with E-state index in [1.54, 1.807) is 0 Å². The van der Waals surface area contributed by atoms with Crippen LogP contribution in [0.4, 0.5) is 0 Å². The lowest BCUT2D eigenvalue weighted by molar-refractivity contribution is -0.314. The highest BCUT2D eigenvalue weighted by Gasteiger charge is 2.86. The molecule has 7 heteroatoms. The highest BCUT2D eigenvalue weighted by Crippen LogP contribution is 2.75. The Morgan fingerprint density at radius 3 is 2.52 bits per heavy atom. The largest absolute Gasteiger partial charge is 0.486 e. The predicted molar refractivity (Wildman–Crippen MR) is 166 cm³/mol. The monoisotopic (exact) mass is 601 g/mol. The van der Waals surface area contributed by atoms with E-state index in [4.69, 9.17) is 23.7 Å². The third kappa shape index (κ3) is 3.16. The molecule has 9 rings (SSSR count). The van der Waals surface area contributed by atoms with E-state index in [-0.39, 0.29) is 35.4 Å². The Morgan fingerprint density at radius 1 is 1.02 bits per heavy atom. The fourth-order valence-corrected chi connectivity index (χ4v) is 10.6. The number of benzene rings is 1. The maximum Gasteiger partial charge on any atom is 0.183 e. The summed E-state index contributed by atoms with van der Waals surface area (Å²) in [7, 11) is 0. The van der Waals surface area contributed by atoms with Crippen molar-refractivity contribution in [1.29, 1.82) is 0 Å². The van der Waals surface area contributed by atoms with Gasteiger partial charge in [-0.3, -0.25) is 0 Å². The number of H-pyrrole nitrogens is 1. The highest BCUT2D eigenvalue weighted by atomic mass is 16.8. The molecule has 10 atom stereocenters. The van der Waals surface area contributed by atoms with Crippen LogP contribution in [0, 0.1) is 11.3 Å². The van der Waals surface area contributed by atoms with Crippen LogP contribution >= 0.6 is 0 Å². The molecule has 4 saturated heterocycles. The second-order valence-electron chi connectivity index (χ2n) is 16.6.